The van der Waals surface area contributed by atoms with Crippen LogP contribution in [-0.2, 0) is 11.3 Å². The smallest absolute Gasteiger partial charge is 0.268 e. The number of carbonyl (C=O) groups excluding carboxylic acids is 2. The van der Waals surface area contributed by atoms with Crippen LogP contribution >= 0.6 is 0 Å². The molecular formula is C20H20N6O2. The van der Waals surface area contributed by atoms with Crippen molar-refractivity contribution in [2.45, 2.75) is 20.4 Å². The molecule has 0 aliphatic carbocycles. The first-order valence-electron chi connectivity index (χ1n) is 8.68. The number of nitrogens with zero attached hydrogens (tertiary/aromatic N) is 4. The van der Waals surface area contributed by atoms with Gasteiger partial charge in [-0.05, 0) is 36.8 Å². The van der Waals surface area contributed by atoms with Crippen LogP contribution in [0.3, 0.4) is 0 Å². The first-order valence-corrected chi connectivity index (χ1v) is 8.68. The van der Waals surface area contributed by atoms with E-state index in [2.05, 4.69) is 26.3 Å². The fraction of sp³-hybridized carbons (Fsp3) is 0.150. The Morgan fingerprint density at radius 2 is 1.71 bits per heavy atom. The number of carbonyl (C=O) groups is 2. The number of aromatic nitrogens is 4. The number of tetrazole rings is 1. The van der Waals surface area contributed by atoms with Gasteiger partial charge in [0.2, 0.25) is 5.82 Å². The highest BCUT2D eigenvalue weighted by Gasteiger charge is 2.08. The molecular weight excluding hydrogens is 356 g/mol. The minimum absolute atomic E-state index is 0.378. The van der Waals surface area contributed by atoms with E-state index < -0.39 is 5.91 Å². The third-order valence-corrected chi connectivity index (χ3v) is 3.74. The van der Waals surface area contributed by atoms with E-state index in [0.29, 0.717) is 17.9 Å². The van der Waals surface area contributed by atoms with Crippen LogP contribution in [0.1, 0.15) is 29.8 Å². The first-order chi connectivity index (χ1) is 13.5. The van der Waals surface area contributed by atoms with Crippen LogP contribution in [0.4, 0.5) is 0 Å². The molecule has 0 saturated heterocycles. The van der Waals surface area contributed by atoms with Crippen molar-refractivity contribution in [1.29, 1.82) is 0 Å². The van der Waals surface area contributed by atoms with Gasteiger partial charge in [0.15, 0.2) is 0 Å². The van der Waals surface area contributed by atoms with Crippen molar-refractivity contribution in [2.24, 2.45) is 0 Å². The van der Waals surface area contributed by atoms with E-state index in [9.17, 15) is 9.59 Å². The predicted octanol–water partition coefficient (Wildman–Crippen LogP) is 2.12. The van der Waals surface area contributed by atoms with Crippen LogP contribution < -0.4 is 10.9 Å². The normalized spacial score (nSPS) is 10.2. The Hall–Kier alpha value is -3.81. The van der Waals surface area contributed by atoms with E-state index in [0.717, 1.165) is 16.7 Å². The third-order valence-electron chi connectivity index (χ3n) is 3.74. The zero-order chi connectivity index (χ0) is 19.9. The van der Waals surface area contributed by atoms with Crippen molar-refractivity contribution >= 4 is 11.8 Å². The molecule has 0 bridgehead atoms. The Morgan fingerprint density at radius 1 is 1.00 bits per heavy atom. The summed E-state index contributed by atoms with van der Waals surface area (Å²) in [6.07, 6.45) is 1.40. The molecule has 8 nitrogen and oxygen atoms in total. The van der Waals surface area contributed by atoms with Crippen LogP contribution in [0.5, 0.6) is 0 Å². The van der Waals surface area contributed by atoms with Gasteiger partial charge in [-0.15, -0.1) is 10.2 Å². The molecule has 0 atom stereocenters. The van der Waals surface area contributed by atoms with Crippen LogP contribution in [-0.4, -0.2) is 32.0 Å². The molecule has 2 amide bonds. The predicted molar refractivity (Wildman–Crippen MR) is 104 cm³/mol. The second kappa shape index (κ2) is 8.72. The van der Waals surface area contributed by atoms with Crippen LogP contribution in [0.25, 0.3) is 11.4 Å². The van der Waals surface area contributed by atoms with Gasteiger partial charge in [-0.25, -0.2) is 0 Å². The second-order valence-electron chi connectivity index (χ2n) is 6.37. The minimum Gasteiger partial charge on any atom is -0.268 e. The fourth-order valence-corrected chi connectivity index (χ4v) is 2.43. The van der Waals surface area contributed by atoms with Crippen molar-refractivity contribution < 1.29 is 9.59 Å². The van der Waals surface area contributed by atoms with Crippen molar-refractivity contribution in [1.82, 2.24) is 31.1 Å². The molecule has 0 saturated carbocycles. The van der Waals surface area contributed by atoms with Crippen molar-refractivity contribution in [2.75, 3.05) is 0 Å². The van der Waals surface area contributed by atoms with E-state index in [4.69, 9.17) is 0 Å². The molecule has 0 unspecified atom stereocenters. The molecule has 0 radical (unpaired) electrons. The molecule has 3 rings (SSSR count). The number of benzene rings is 2. The second-order valence-corrected chi connectivity index (χ2v) is 6.37. The minimum atomic E-state index is -0.396. The molecule has 1 aromatic heterocycles. The summed E-state index contributed by atoms with van der Waals surface area (Å²) in [4.78, 5) is 25.1. The van der Waals surface area contributed by atoms with Crippen molar-refractivity contribution in [3.05, 3.63) is 77.4 Å². The SMILES string of the molecule is CC(C)=CC(=O)NNC(=O)c1ccc(Cn2nnc(-c3ccccc3)n2)cc1. The van der Waals surface area contributed by atoms with Crippen LogP contribution in [0.2, 0.25) is 0 Å². The van der Waals surface area contributed by atoms with Gasteiger partial charge < -0.3 is 0 Å². The Labute approximate surface area is 162 Å². The molecule has 2 N–H and O–H groups in total. The summed E-state index contributed by atoms with van der Waals surface area (Å²) in [5.74, 6) is -0.215. The van der Waals surface area contributed by atoms with Gasteiger partial charge in [0.1, 0.15) is 0 Å². The van der Waals surface area contributed by atoms with E-state index in [1.165, 1.54) is 10.9 Å². The lowest BCUT2D eigenvalue weighted by atomic mass is 10.1. The summed E-state index contributed by atoms with van der Waals surface area (Å²) in [5.41, 5.74) is 7.80. The maximum Gasteiger partial charge on any atom is 0.269 e. The van der Waals surface area contributed by atoms with Crippen molar-refractivity contribution in [3.8, 4) is 11.4 Å². The van der Waals surface area contributed by atoms with Crippen LogP contribution in [0, 0.1) is 0 Å². The lowest BCUT2D eigenvalue weighted by molar-refractivity contribution is -0.117. The number of hydrazine groups is 1. The Kier molecular flexibility index (Phi) is 5.91. The summed E-state index contributed by atoms with van der Waals surface area (Å²) in [5, 5.41) is 12.5. The highest BCUT2D eigenvalue weighted by molar-refractivity contribution is 5.96. The molecule has 0 spiro atoms. The molecule has 0 fully saturated rings. The summed E-state index contributed by atoms with van der Waals surface area (Å²) in [7, 11) is 0. The van der Waals surface area contributed by atoms with Gasteiger partial charge in [-0.2, -0.15) is 4.80 Å². The van der Waals surface area contributed by atoms with Gasteiger partial charge >= 0.3 is 0 Å². The number of hydrogen-bond acceptors (Lipinski definition) is 5. The quantitative estimate of drug-likeness (QED) is 0.525. The third kappa shape index (κ3) is 5.10. The molecule has 8 heteroatoms. The zero-order valence-electron chi connectivity index (χ0n) is 15.6. The average molecular weight is 376 g/mol. The zero-order valence-corrected chi connectivity index (χ0v) is 15.6. The van der Waals surface area contributed by atoms with Gasteiger partial charge in [0.25, 0.3) is 11.8 Å². The molecule has 28 heavy (non-hydrogen) atoms. The molecule has 0 aliphatic heterocycles. The van der Waals surface area contributed by atoms with Gasteiger partial charge in [0.05, 0.1) is 6.54 Å². The molecule has 3 aromatic rings. The Morgan fingerprint density at radius 3 is 2.39 bits per heavy atom. The summed E-state index contributed by atoms with van der Waals surface area (Å²) in [6.45, 7) is 4.03. The molecule has 0 aliphatic rings. The maximum absolute atomic E-state index is 12.1. The molecule has 1 heterocycles. The number of amides is 2. The van der Waals surface area contributed by atoms with E-state index in [1.54, 1.807) is 38.1 Å². The van der Waals surface area contributed by atoms with E-state index in [-0.39, 0.29) is 5.91 Å². The highest BCUT2D eigenvalue weighted by atomic mass is 16.2. The lowest BCUT2D eigenvalue weighted by Gasteiger charge is -2.06. The number of allylic oxidation sites excluding steroid dienone is 1. The Balaban J connectivity index is 1.59. The number of rotatable bonds is 5. The standard InChI is InChI=1S/C20H20N6O2/c1-14(2)12-18(27)21-23-20(28)17-10-8-15(9-11-17)13-26-24-19(22-25-26)16-6-4-3-5-7-16/h3-12H,13H2,1-2H3,(H,21,27)(H,23,28). The van der Waals surface area contributed by atoms with Crippen molar-refractivity contribution in [3.63, 3.8) is 0 Å². The average Bonchev–Trinajstić information content (AvgIpc) is 3.15. The lowest BCUT2D eigenvalue weighted by Crippen LogP contribution is -2.40. The highest BCUT2D eigenvalue weighted by Crippen LogP contribution is 2.12. The Bertz CT molecular complexity index is 989. The number of nitrogens with one attached hydrogen (secondary N) is 2. The summed E-state index contributed by atoms with van der Waals surface area (Å²) < 4.78 is 0. The monoisotopic (exact) mass is 376 g/mol. The van der Waals surface area contributed by atoms with Gasteiger partial charge in [-0.3, -0.25) is 20.4 Å². The topological polar surface area (TPSA) is 102 Å². The maximum atomic E-state index is 12.1. The van der Waals surface area contributed by atoms with E-state index >= 15 is 0 Å². The van der Waals surface area contributed by atoms with Crippen LogP contribution in [0.15, 0.2) is 66.2 Å². The fourth-order valence-electron chi connectivity index (χ4n) is 2.43. The summed E-state index contributed by atoms with van der Waals surface area (Å²) >= 11 is 0. The number of hydrogen-bond donors (Lipinski definition) is 2. The first kappa shape index (κ1) is 19.0. The molecule has 142 valence electrons. The largest absolute Gasteiger partial charge is 0.269 e. The van der Waals surface area contributed by atoms with Gasteiger partial charge in [-0.1, -0.05) is 48.0 Å². The van der Waals surface area contributed by atoms with E-state index in [1.807, 2.05) is 30.3 Å². The summed E-state index contributed by atoms with van der Waals surface area (Å²) in [6, 6.07) is 16.6. The van der Waals surface area contributed by atoms with Gasteiger partial charge in [0, 0.05) is 17.2 Å². The molecule has 2 aromatic carbocycles.